The Balaban J connectivity index is 1.84. The van der Waals surface area contributed by atoms with E-state index in [1.165, 1.54) is 0 Å². The molecule has 1 fully saturated rings. The van der Waals surface area contributed by atoms with Crippen LogP contribution in [0.15, 0.2) is 30.3 Å². The van der Waals surface area contributed by atoms with Crippen molar-refractivity contribution < 1.29 is 14.3 Å². The molecule has 6 nitrogen and oxygen atoms in total. The van der Waals surface area contributed by atoms with Gasteiger partial charge in [-0.15, -0.1) is 0 Å². The summed E-state index contributed by atoms with van der Waals surface area (Å²) in [5, 5.41) is 5.70. The molecule has 23 heavy (non-hydrogen) atoms. The van der Waals surface area contributed by atoms with Crippen LogP contribution >= 0.6 is 0 Å². The fourth-order valence-electron chi connectivity index (χ4n) is 2.46. The normalized spacial score (nSPS) is 18.2. The molecule has 1 aliphatic rings. The Hall–Kier alpha value is -2.24. The average Bonchev–Trinajstić information content (AvgIpc) is 2.46. The number of carbonyl (C=O) groups excluding carboxylic acids is 2. The second-order valence-corrected chi connectivity index (χ2v) is 6.73. The van der Waals surface area contributed by atoms with Crippen molar-refractivity contribution in [1.82, 2.24) is 10.2 Å². The zero-order valence-corrected chi connectivity index (χ0v) is 14.0. The number of amides is 3. The van der Waals surface area contributed by atoms with Gasteiger partial charge in [0.1, 0.15) is 5.60 Å². The molecule has 3 amide bonds. The molecule has 0 radical (unpaired) electrons. The number of hydrogen-bond donors (Lipinski definition) is 2. The lowest BCUT2D eigenvalue weighted by atomic mass is 10.1. The molecule has 2 N–H and O–H groups in total. The molecule has 0 aliphatic carbocycles. The average molecular weight is 319 g/mol. The largest absolute Gasteiger partial charge is 0.444 e. The molecule has 1 aromatic rings. The third-order valence-electron chi connectivity index (χ3n) is 3.44. The lowest BCUT2D eigenvalue weighted by molar-refractivity contribution is 0.0191. The topological polar surface area (TPSA) is 70.7 Å². The number of urea groups is 1. The van der Waals surface area contributed by atoms with Crippen LogP contribution < -0.4 is 10.6 Å². The van der Waals surface area contributed by atoms with Gasteiger partial charge in [0.15, 0.2) is 0 Å². The second-order valence-electron chi connectivity index (χ2n) is 6.73. The van der Waals surface area contributed by atoms with Gasteiger partial charge in [-0.1, -0.05) is 18.2 Å². The highest BCUT2D eigenvalue weighted by molar-refractivity contribution is 5.89. The Kier molecular flexibility index (Phi) is 5.47. The van der Waals surface area contributed by atoms with E-state index in [4.69, 9.17) is 4.74 Å². The third-order valence-corrected chi connectivity index (χ3v) is 3.44. The van der Waals surface area contributed by atoms with Crippen LogP contribution in [0.25, 0.3) is 0 Å². The van der Waals surface area contributed by atoms with Gasteiger partial charge >= 0.3 is 12.1 Å². The zero-order chi connectivity index (χ0) is 16.9. The fourth-order valence-corrected chi connectivity index (χ4v) is 2.46. The van der Waals surface area contributed by atoms with Crippen LogP contribution in [-0.2, 0) is 4.74 Å². The lowest BCUT2D eigenvalue weighted by Gasteiger charge is -2.34. The number of ether oxygens (including phenoxy) is 1. The van der Waals surface area contributed by atoms with Crippen LogP contribution in [0.3, 0.4) is 0 Å². The Morgan fingerprint density at radius 3 is 2.57 bits per heavy atom. The van der Waals surface area contributed by atoms with Gasteiger partial charge in [-0.3, -0.25) is 0 Å². The standard InChI is InChI=1S/C17H25N3O3/c1-17(2,3)23-16(22)20-11-7-10-14(12-20)19-15(21)18-13-8-5-4-6-9-13/h4-6,8-9,14H,7,10-12H2,1-3H3,(H2,18,19,21)/t14-/m1/s1. The summed E-state index contributed by atoms with van der Waals surface area (Å²) in [5.74, 6) is 0. The molecule has 1 aromatic carbocycles. The first-order chi connectivity index (χ1) is 10.8. The van der Waals surface area contributed by atoms with E-state index in [9.17, 15) is 9.59 Å². The molecule has 0 spiro atoms. The predicted octanol–water partition coefficient (Wildman–Crippen LogP) is 3.21. The van der Waals surface area contributed by atoms with E-state index in [1.807, 2.05) is 51.1 Å². The smallest absolute Gasteiger partial charge is 0.410 e. The fraction of sp³-hybridized carbons (Fsp3) is 0.529. The highest BCUT2D eigenvalue weighted by Gasteiger charge is 2.28. The summed E-state index contributed by atoms with van der Waals surface area (Å²) in [6.45, 7) is 6.66. The van der Waals surface area contributed by atoms with E-state index in [1.54, 1.807) is 4.90 Å². The van der Waals surface area contributed by atoms with E-state index >= 15 is 0 Å². The molecular weight excluding hydrogens is 294 g/mol. The SMILES string of the molecule is CC(C)(C)OC(=O)N1CCC[C@@H](NC(=O)Nc2ccccc2)C1. The Bertz CT molecular complexity index is 540. The molecule has 0 unspecified atom stereocenters. The van der Waals surface area contributed by atoms with Crippen molar-refractivity contribution in [2.24, 2.45) is 0 Å². The van der Waals surface area contributed by atoms with Gasteiger partial charge in [0.2, 0.25) is 0 Å². The van der Waals surface area contributed by atoms with Crippen molar-refractivity contribution in [2.45, 2.75) is 45.3 Å². The predicted molar refractivity (Wildman–Crippen MR) is 89.4 cm³/mol. The Morgan fingerprint density at radius 2 is 1.91 bits per heavy atom. The zero-order valence-electron chi connectivity index (χ0n) is 14.0. The van der Waals surface area contributed by atoms with Crippen molar-refractivity contribution in [3.63, 3.8) is 0 Å². The lowest BCUT2D eigenvalue weighted by Crippen LogP contribution is -2.51. The molecular formula is C17H25N3O3. The molecule has 1 atom stereocenters. The van der Waals surface area contributed by atoms with E-state index in [-0.39, 0.29) is 18.2 Å². The minimum Gasteiger partial charge on any atom is -0.444 e. The minimum atomic E-state index is -0.512. The molecule has 0 saturated carbocycles. The number of nitrogens with zero attached hydrogens (tertiary/aromatic N) is 1. The van der Waals surface area contributed by atoms with Gasteiger partial charge in [0.05, 0.1) is 0 Å². The Morgan fingerprint density at radius 1 is 1.22 bits per heavy atom. The number of para-hydroxylation sites is 1. The van der Waals surface area contributed by atoms with Gasteiger partial charge in [-0.05, 0) is 45.7 Å². The number of nitrogens with one attached hydrogen (secondary N) is 2. The number of piperidine rings is 1. The first-order valence-corrected chi connectivity index (χ1v) is 7.94. The van der Waals surface area contributed by atoms with Crippen LogP contribution in [0.4, 0.5) is 15.3 Å². The number of hydrogen-bond acceptors (Lipinski definition) is 3. The second kappa shape index (κ2) is 7.35. The van der Waals surface area contributed by atoms with Crippen LogP contribution in [0, 0.1) is 0 Å². The molecule has 0 aromatic heterocycles. The van der Waals surface area contributed by atoms with Gasteiger partial charge in [0, 0.05) is 24.8 Å². The third kappa shape index (κ3) is 5.81. The summed E-state index contributed by atoms with van der Waals surface area (Å²) in [6, 6.07) is 8.94. The van der Waals surface area contributed by atoms with Gasteiger partial charge in [-0.25, -0.2) is 9.59 Å². The first-order valence-electron chi connectivity index (χ1n) is 7.94. The van der Waals surface area contributed by atoms with E-state index < -0.39 is 5.60 Å². The molecule has 1 heterocycles. The van der Waals surface area contributed by atoms with Crippen LogP contribution in [0.2, 0.25) is 0 Å². The van der Waals surface area contributed by atoms with Crippen molar-refractivity contribution in [2.75, 3.05) is 18.4 Å². The Labute approximate surface area is 137 Å². The van der Waals surface area contributed by atoms with Gasteiger partial charge < -0.3 is 20.3 Å². The summed E-state index contributed by atoms with van der Waals surface area (Å²) in [7, 11) is 0. The maximum atomic E-state index is 12.1. The number of anilines is 1. The number of benzene rings is 1. The van der Waals surface area contributed by atoms with Crippen molar-refractivity contribution >= 4 is 17.8 Å². The highest BCUT2D eigenvalue weighted by Crippen LogP contribution is 2.15. The summed E-state index contributed by atoms with van der Waals surface area (Å²) in [6.07, 6.45) is 1.37. The van der Waals surface area contributed by atoms with E-state index in [0.29, 0.717) is 13.1 Å². The van der Waals surface area contributed by atoms with Crippen molar-refractivity contribution in [1.29, 1.82) is 0 Å². The quantitative estimate of drug-likeness (QED) is 0.879. The van der Waals surface area contributed by atoms with Crippen LogP contribution in [0.1, 0.15) is 33.6 Å². The summed E-state index contributed by atoms with van der Waals surface area (Å²) >= 11 is 0. The summed E-state index contributed by atoms with van der Waals surface area (Å²) in [5.41, 5.74) is 0.229. The van der Waals surface area contributed by atoms with Crippen LogP contribution in [-0.4, -0.2) is 41.8 Å². The number of likely N-dealkylation sites (tertiary alicyclic amines) is 1. The maximum Gasteiger partial charge on any atom is 0.410 e. The molecule has 126 valence electrons. The van der Waals surface area contributed by atoms with Crippen molar-refractivity contribution in [3.05, 3.63) is 30.3 Å². The number of carbonyl (C=O) groups is 2. The van der Waals surface area contributed by atoms with Crippen LogP contribution in [0.5, 0.6) is 0 Å². The first kappa shape index (κ1) is 17.1. The minimum absolute atomic E-state index is 0.0695. The summed E-state index contributed by atoms with van der Waals surface area (Å²) in [4.78, 5) is 25.8. The monoisotopic (exact) mass is 319 g/mol. The summed E-state index contributed by atoms with van der Waals surface area (Å²) < 4.78 is 5.38. The van der Waals surface area contributed by atoms with Gasteiger partial charge in [0.25, 0.3) is 0 Å². The number of rotatable bonds is 2. The molecule has 6 heteroatoms. The van der Waals surface area contributed by atoms with Crippen molar-refractivity contribution in [3.8, 4) is 0 Å². The molecule has 0 bridgehead atoms. The highest BCUT2D eigenvalue weighted by atomic mass is 16.6. The van der Waals surface area contributed by atoms with E-state index in [0.717, 1.165) is 18.5 Å². The molecule has 1 aliphatic heterocycles. The molecule has 2 rings (SSSR count). The molecule has 1 saturated heterocycles. The van der Waals surface area contributed by atoms with E-state index in [2.05, 4.69) is 10.6 Å². The van der Waals surface area contributed by atoms with Gasteiger partial charge in [-0.2, -0.15) is 0 Å². The maximum absolute atomic E-state index is 12.1.